The summed E-state index contributed by atoms with van der Waals surface area (Å²) in [7, 11) is 0. The Hall–Kier alpha value is -0.410. The minimum Gasteiger partial charge on any atom is -0.323 e. The third-order valence-corrected chi connectivity index (χ3v) is 1.82. The molecule has 3 heteroatoms. The zero-order valence-electron chi connectivity index (χ0n) is 5.59. The van der Waals surface area contributed by atoms with Gasteiger partial charge in [0.25, 0.3) is 0 Å². The average molecular weight is 142 g/mol. The summed E-state index contributed by atoms with van der Waals surface area (Å²) in [5.74, 6) is 0. The van der Waals surface area contributed by atoms with E-state index in [1.54, 1.807) is 0 Å². The first-order chi connectivity index (χ1) is 4.20. The predicted molar refractivity (Wildman–Crippen MR) is 39.5 cm³/mol. The summed E-state index contributed by atoms with van der Waals surface area (Å²) < 4.78 is 4.13. The van der Waals surface area contributed by atoms with Gasteiger partial charge in [-0.05, 0) is 31.4 Å². The minimum atomic E-state index is 0.0787. The Bertz CT molecular complexity index is 193. The summed E-state index contributed by atoms with van der Waals surface area (Å²) >= 11 is 1.50. The molecule has 9 heavy (non-hydrogen) atoms. The largest absolute Gasteiger partial charge is 0.323 e. The molecule has 1 atom stereocenters. The van der Waals surface area contributed by atoms with Crippen LogP contribution in [-0.4, -0.2) is 4.37 Å². The molecule has 2 nitrogen and oxygen atoms in total. The van der Waals surface area contributed by atoms with E-state index in [1.165, 1.54) is 16.4 Å². The molecule has 2 N–H and O–H groups in total. The molecule has 0 aliphatic rings. The zero-order chi connectivity index (χ0) is 6.85. The minimum absolute atomic E-state index is 0.0787. The normalized spacial score (nSPS) is 13.7. The van der Waals surface area contributed by atoms with Crippen LogP contribution in [0, 0.1) is 6.92 Å². The molecule has 0 aliphatic heterocycles. The summed E-state index contributed by atoms with van der Waals surface area (Å²) in [4.78, 5) is 1.22. The molecule has 0 saturated heterocycles. The maximum Gasteiger partial charge on any atom is 0.0709 e. The summed E-state index contributed by atoms with van der Waals surface area (Å²) in [5.41, 5.74) is 6.57. The Morgan fingerprint density at radius 1 is 1.78 bits per heavy atom. The molecule has 0 radical (unpaired) electrons. The fourth-order valence-electron chi connectivity index (χ4n) is 0.600. The quantitative estimate of drug-likeness (QED) is 0.645. The lowest BCUT2D eigenvalue weighted by Crippen LogP contribution is -2.04. The molecule has 0 fully saturated rings. The monoisotopic (exact) mass is 142 g/mol. The van der Waals surface area contributed by atoms with Crippen molar-refractivity contribution in [1.82, 2.24) is 4.37 Å². The highest BCUT2D eigenvalue weighted by Crippen LogP contribution is 2.12. The van der Waals surface area contributed by atoms with Crippen molar-refractivity contribution in [1.29, 1.82) is 0 Å². The highest BCUT2D eigenvalue weighted by atomic mass is 32.1. The van der Waals surface area contributed by atoms with Gasteiger partial charge in [-0.25, -0.2) is 0 Å². The van der Waals surface area contributed by atoms with E-state index in [9.17, 15) is 0 Å². The van der Waals surface area contributed by atoms with Crippen molar-refractivity contribution in [2.24, 2.45) is 5.73 Å². The van der Waals surface area contributed by atoms with Crippen LogP contribution in [0.4, 0.5) is 0 Å². The van der Waals surface area contributed by atoms with Gasteiger partial charge in [-0.2, -0.15) is 4.37 Å². The van der Waals surface area contributed by atoms with Crippen LogP contribution < -0.4 is 5.73 Å². The van der Waals surface area contributed by atoms with Gasteiger partial charge in [0.2, 0.25) is 0 Å². The lowest BCUT2D eigenvalue weighted by molar-refractivity contribution is 0.795. The van der Waals surface area contributed by atoms with E-state index in [1.807, 2.05) is 19.9 Å². The molecule has 0 aromatic carbocycles. The number of rotatable bonds is 1. The van der Waals surface area contributed by atoms with Crippen molar-refractivity contribution in [3.8, 4) is 0 Å². The van der Waals surface area contributed by atoms with Crippen LogP contribution in [0.5, 0.6) is 0 Å². The van der Waals surface area contributed by atoms with E-state index in [0.29, 0.717) is 0 Å². The fraction of sp³-hybridized carbons (Fsp3) is 0.500. The number of aromatic nitrogens is 1. The molecule has 1 unspecified atom stereocenters. The second-order valence-electron chi connectivity index (χ2n) is 2.15. The first-order valence-corrected chi connectivity index (χ1v) is 3.66. The fourth-order valence-corrected chi connectivity index (χ4v) is 1.24. The molecule has 1 aromatic heterocycles. The van der Waals surface area contributed by atoms with Crippen LogP contribution in [-0.2, 0) is 0 Å². The molecule has 1 aromatic rings. The van der Waals surface area contributed by atoms with Crippen molar-refractivity contribution < 1.29 is 0 Å². The molecule has 0 bridgehead atoms. The molecule has 1 heterocycles. The molecule has 0 amide bonds. The summed E-state index contributed by atoms with van der Waals surface area (Å²) in [6, 6.07) is 2.10. The Kier molecular flexibility index (Phi) is 1.83. The van der Waals surface area contributed by atoms with Crippen LogP contribution in [0.25, 0.3) is 0 Å². The van der Waals surface area contributed by atoms with Gasteiger partial charge in [0.15, 0.2) is 0 Å². The first kappa shape index (κ1) is 6.71. The van der Waals surface area contributed by atoms with Gasteiger partial charge < -0.3 is 5.73 Å². The molecule has 0 spiro atoms. The second-order valence-corrected chi connectivity index (χ2v) is 3.16. The van der Waals surface area contributed by atoms with E-state index in [2.05, 4.69) is 4.37 Å². The SMILES string of the molecule is Cc1cc(C(C)N)ns1. The summed E-state index contributed by atoms with van der Waals surface area (Å²) in [6.07, 6.45) is 0. The Labute approximate surface area is 58.9 Å². The molecule has 0 saturated carbocycles. The van der Waals surface area contributed by atoms with E-state index in [4.69, 9.17) is 5.73 Å². The van der Waals surface area contributed by atoms with E-state index < -0.39 is 0 Å². The number of aryl methyl sites for hydroxylation is 1. The molecular formula is C6H10N2S. The molecule has 1 rings (SSSR count). The van der Waals surface area contributed by atoms with Crippen LogP contribution in [0.1, 0.15) is 23.5 Å². The van der Waals surface area contributed by atoms with E-state index in [-0.39, 0.29) is 6.04 Å². The lowest BCUT2D eigenvalue weighted by Gasteiger charge is -1.95. The van der Waals surface area contributed by atoms with Gasteiger partial charge in [0, 0.05) is 10.9 Å². The summed E-state index contributed by atoms with van der Waals surface area (Å²) in [5, 5.41) is 0. The van der Waals surface area contributed by atoms with Gasteiger partial charge in [-0.15, -0.1) is 0 Å². The second kappa shape index (κ2) is 2.45. The zero-order valence-corrected chi connectivity index (χ0v) is 6.40. The Morgan fingerprint density at radius 3 is 2.67 bits per heavy atom. The van der Waals surface area contributed by atoms with Crippen molar-refractivity contribution >= 4 is 11.5 Å². The van der Waals surface area contributed by atoms with Crippen molar-refractivity contribution in [3.05, 3.63) is 16.6 Å². The van der Waals surface area contributed by atoms with Gasteiger partial charge in [0.05, 0.1) is 5.69 Å². The Balaban J connectivity index is 2.85. The standard InChI is InChI=1S/C6H10N2S/c1-4-3-6(5(2)7)8-9-4/h3,5H,7H2,1-2H3. The van der Waals surface area contributed by atoms with Crippen molar-refractivity contribution in [2.75, 3.05) is 0 Å². The van der Waals surface area contributed by atoms with E-state index >= 15 is 0 Å². The highest BCUT2D eigenvalue weighted by molar-refractivity contribution is 7.05. The third-order valence-electron chi connectivity index (χ3n) is 1.11. The topological polar surface area (TPSA) is 38.9 Å². The number of nitrogens with zero attached hydrogens (tertiary/aromatic N) is 1. The van der Waals surface area contributed by atoms with E-state index in [0.717, 1.165) is 5.69 Å². The number of hydrogen-bond acceptors (Lipinski definition) is 3. The summed E-state index contributed by atoms with van der Waals surface area (Å²) in [6.45, 7) is 3.97. The van der Waals surface area contributed by atoms with Gasteiger partial charge in [-0.3, -0.25) is 0 Å². The highest BCUT2D eigenvalue weighted by Gasteiger charge is 2.01. The van der Waals surface area contributed by atoms with Gasteiger partial charge in [-0.1, -0.05) is 0 Å². The average Bonchev–Trinajstić information content (AvgIpc) is 2.14. The first-order valence-electron chi connectivity index (χ1n) is 2.89. The van der Waals surface area contributed by atoms with Gasteiger partial charge in [0.1, 0.15) is 0 Å². The van der Waals surface area contributed by atoms with Crippen LogP contribution in [0.3, 0.4) is 0 Å². The number of nitrogens with two attached hydrogens (primary N) is 1. The Morgan fingerprint density at radius 2 is 2.44 bits per heavy atom. The maximum atomic E-state index is 5.57. The predicted octanol–water partition coefficient (Wildman–Crippen LogP) is 1.47. The molecular weight excluding hydrogens is 132 g/mol. The maximum absolute atomic E-state index is 5.57. The van der Waals surface area contributed by atoms with Crippen molar-refractivity contribution in [3.63, 3.8) is 0 Å². The molecule has 0 aliphatic carbocycles. The van der Waals surface area contributed by atoms with Crippen LogP contribution in [0.15, 0.2) is 6.07 Å². The number of hydrogen-bond donors (Lipinski definition) is 1. The smallest absolute Gasteiger partial charge is 0.0709 e. The third kappa shape index (κ3) is 1.50. The van der Waals surface area contributed by atoms with Crippen LogP contribution >= 0.6 is 11.5 Å². The van der Waals surface area contributed by atoms with Crippen molar-refractivity contribution in [2.45, 2.75) is 19.9 Å². The molecule has 50 valence electrons. The lowest BCUT2D eigenvalue weighted by atomic mass is 10.2. The van der Waals surface area contributed by atoms with Crippen LogP contribution in [0.2, 0.25) is 0 Å². The van der Waals surface area contributed by atoms with Gasteiger partial charge >= 0.3 is 0 Å².